The van der Waals surface area contributed by atoms with Gasteiger partial charge >= 0.3 is 5.97 Å². The third kappa shape index (κ3) is 48.8. The Kier molecular flexibility index (Phi) is 50.2. The molecule has 0 fully saturated rings. The van der Waals surface area contributed by atoms with Crippen molar-refractivity contribution < 1.29 is 24.5 Å². The molecule has 0 aliphatic heterocycles. The summed E-state index contributed by atoms with van der Waals surface area (Å²) >= 11 is 0. The van der Waals surface area contributed by atoms with Crippen LogP contribution in [0, 0.1) is 0 Å². The van der Waals surface area contributed by atoms with E-state index in [0.29, 0.717) is 19.4 Å². The molecule has 6 nitrogen and oxygen atoms in total. The number of ether oxygens (including phenoxy) is 1. The summed E-state index contributed by atoms with van der Waals surface area (Å²) in [6.45, 7) is 4.80. The number of nitrogens with one attached hydrogen (secondary N) is 1. The lowest BCUT2D eigenvalue weighted by Crippen LogP contribution is -2.45. The van der Waals surface area contributed by atoms with E-state index in [4.69, 9.17) is 4.74 Å². The standard InChI is InChI=1S/C57H103NO5/c1-3-5-7-9-11-13-15-16-17-21-25-28-31-35-39-43-47-51-57(62)63-52-48-44-40-36-32-29-26-23-20-18-19-22-24-27-30-34-38-42-46-50-56(61)58-54(53-59)55(60)49-45-41-37-33-14-12-10-8-6-4-2/h11,13,16-17,23,26,29,32,45,49,54-55,59-60H,3-10,12,14-15,18-22,24-25,27-28,30-31,33-44,46-48,50-53H2,1-2H3,(H,58,61)/b13-11-,17-16-,26-23-,32-29-,49-45+. The highest BCUT2D eigenvalue weighted by molar-refractivity contribution is 5.76. The van der Waals surface area contributed by atoms with Crippen molar-refractivity contribution in [2.24, 2.45) is 0 Å². The molecule has 0 aromatic carbocycles. The molecule has 0 heterocycles. The molecule has 0 aromatic heterocycles. The van der Waals surface area contributed by atoms with E-state index in [1.54, 1.807) is 6.08 Å². The predicted octanol–water partition coefficient (Wildman–Crippen LogP) is 16.4. The number of carbonyl (C=O) groups is 2. The largest absolute Gasteiger partial charge is 0.466 e. The summed E-state index contributed by atoms with van der Waals surface area (Å²) in [4.78, 5) is 24.4. The van der Waals surface area contributed by atoms with E-state index in [1.165, 1.54) is 154 Å². The van der Waals surface area contributed by atoms with Crippen molar-refractivity contribution in [1.29, 1.82) is 0 Å². The zero-order valence-electron chi connectivity index (χ0n) is 41.5. The van der Waals surface area contributed by atoms with Gasteiger partial charge in [-0.2, -0.15) is 0 Å². The molecular weight excluding hydrogens is 779 g/mol. The van der Waals surface area contributed by atoms with Gasteiger partial charge in [0.1, 0.15) is 0 Å². The molecule has 0 radical (unpaired) electrons. The third-order valence-electron chi connectivity index (χ3n) is 12.0. The van der Waals surface area contributed by atoms with E-state index in [9.17, 15) is 19.8 Å². The first-order valence-corrected chi connectivity index (χ1v) is 27.1. The van der Waals surface area contributed by atoms with E-state index in [0.717, 1.165) is 83.5 Å². The second-order valence-corrected chi connectivity index (χ2v) is 18.2. The van der Waals surface area contributed by atoms with E-state index in [-0.39, 0.29) is 18.5 Å². The molecule has 1 amide bonds. The van der Waals surface area contributed by atoms with Crippen molar-refractivity contribution in [3.63, 3.8) is 0 Å². The van der Waals surface area contributed by atoms with Gasteiger partial charge in [-0.25, -0.2) is 0 Å². The summed E-state index contributed by atoms with van der Waals surface area (Å²) in [5.41, 5.74) is 0. The minimum Gasteiger partial charge on any atom is -0.466 e. The maximum atomic E-state index is 12.4. The van der Waals surface area contributed by atoms with Gasteiger partial charge in [0.15, 0.2) is 0 Å². The van der Waals surface area contributed by atoms with Gasteiger partial charge in [0, 0.05) is 12.8 Å². The summed E-state index contributed by atoms with van der Waals surface area (Å²) in [7, 11) is 0. The monoisotopic (exact) mass is 882 g/mol. The first-order valence-electron chi connectivity index (χ1n) is 27.1. The number of hydrogen-bond donors (Lipinski definition) is 3. The van der Waals surface area contributed by atoms with Crippen molar-refractivity contribution in [1.82, 2.24) is 5.32 Å². The van der Waals surface area contributed by atoms with Gasteiger partial charge in [0.25, 0.3) is 0 Å². The average Bonchev–Trinajstić information content (AvgIpc) is 3.28. The molecule has 0 aromatic rings. The number of rotatable bonds is 49. The molecule has 0 saturated carbocycles. The van der Waals surface area contributed by atoms with Crippen LogP contribution in [0.1, 0.15) is 264 Å². The second kappa shape index (κ2) is 52.2. The molecule has 6 heteroatoms. The molecule has 0 spiro atoms. The SMILES string of the molecule is CCCCC/C=C\C/C=C\CCCCCCCCCC(=O)OCCCCC/C=C\C=C/CCCCCCCCCCCCC(=O)NC(CO)C(O)/C=C/CCCCCCCCCC. The summed E-state index contributed by atoms with van der Waals surface area (Å²) in [6, 6.07) is -0.635. The Bertz CT molecular complexity index is 1110. The van der Waals surface area contributed by atoms with E-state index in [2.05, 4.69) is 67.8 Å². The fraction of sp³-hybridized carbons (Fsp3) is 0.789. The smallest absolute Gasteiger partial charge is 0.305 e. The van der Waals surface area contributed by atoms with Gasteiger partial charge in [0.2, 0.25) is 5.91 Å². The van der Waals surface area contributed by atoms with Crippen LogP contribution < -0.4 is 5.32 Å². The number of allylic oxidation sites excluding steroid dienone is 9. The Hall–Kier alpha value is -2.44. The van der Waals surface area contributed by atoms with Crippen molar-refractivity contribution >= 4 is 11.9 Å². The Labute approximate surface area is 390 Å². The zero-order valence-corrected chi connectivity index (χ0v) is 41.5. The quantitative estimate of drug-likeness (QED) is 0.0245. The number of unbranched alkanes of at least 4 members (excludes halogenated alkanes) is 31. The molecule has 0 rings (SSSR count). The molecule has 0 bridgehead atoms. The van der Waals surface area contributed by atoms with Crippen LogP contribution in [-0.4, -0.2) is 47.4 Å². The highest BCUT2D eigenvalue weighted by Crippen LogP contribution is 2.14. The van der Waals surface area contributed by atoms with Crippen LogP contribution in [0.4, 0.5) is 0 Å². The van der Waals surface area contributed by atoms with Crippen LogP contribution >= 0.6 is 0 Å². The molecule has 3 N–H and O–H groups in total. The molecule has 2 unspecified atom stereocenters. The molecule has 2 atom stereocenters. The fourth-order valence-corrected chi connectivity index (χ4v) is 7.83. The van der Waals surface area contributed by atoms with Crippen LogP contribution in [0.3, 0.4) is 0 Å². The van der Waals surface area contributed by atoms with Crippen LogP contribution in [0.5, 0.6) is 0 Å². The zero-order chi connectivity index (χ0) is 45.8. The van der Waals surface area contributed by atoms with Gasteiger partial charge in [-0.1, -0.05) is 216 Å². The van der Waals surface area contributed by atoms with Gasteiger partial charge in [-0.05, 0) is 96.3 Å². The van der Waals surface area contributed by atoms with Gasteiger partial charge in [-0.15, -0.1) is 0 Å². The van der Waals surface area contributed by atoms with E-state index >= 15 is 0 Å². The molecule has 0 aliphatic rings. The number of esters is 1. The Morgan fingerprint density at radius 3 is 1.33 bits per heavy atom. The summed E-state index contributed by atoms with van der Waals surface area (Å²) in [5, 5.41) is 22.9. The van der Waals surface area contributed by atoms with Crippen LogP contribution in [-0.2, 0) is 14.3 Å². The normalized spacial score (nSPS) is 13.1. The minimum atomic E-state index is -0.850. The lowest BCUT2D eigenvalue weighted by atomic mass is 10.0. The predicted molar refractivity (Wildman–Crippen MR) is 273 cm³/mol. The lowest BCUT2D eigenvalue weighted by molar-refractivity contribution is -0.143. The lowest BCUT2D eigenvalue weighted by Gasteiger charge is -2.20. The molecule has 63 heavy (non-hydrogen) atoms. The third-order valence-corrected chi connectivity index (χ3v) is 12.0. The maximum Gasteiger partial charge on any atom is 0.305 e. The van der Waals surface area contributed by atoms with E-state index < -0.39 is 12.1 Å². The van der Waals surface area contributed by atoms with Gasteiger partial charge in [-0.3, -0.25) is 9.59 Å². The number of carbonyl (C=O) groups excluding carboxylic acids is 2. The molecule has 0 saturated heterocycles. The first kappa shape index (κ1) is 60.6. The van der Waals surface area contributed by atoms with Crippen LogP contribution in [0.25, 0.3) is 0 Å². The van der Waals surface area contributed by atoms with Crippen molar-refractivity contribution in [3.05, 3.63) is 60.8 Å². The molecular formula is C57H103NO5. The fourth-order valence-electron chi connectivity index (χ4n) is 7.83. The number of hydrogen-bond acceptors (Lipinski definition) is 5. The highest BCUT2D eigenvalue weighted by Gasteiger charge is 2.18. The van der Waals surface area contributed by atoms with Crippen molar-refractivity contribution in [2.45, 2.75) is 276 Å². The van der Waals surface area contributed by atoms with E-state index in [1.807, 2.05) is 6.08 Å². The summed E-state index contributed by atoms with van der Waals surface area (Å²) in [5.74, 6) is -0.105. The first-order chi connectivity index (χ1) is 31.0. The number of aliphatic hydroxyl groups excluding tert-OH is 2. The number of aliphatic hydroxyl groups is 2. The summed E-state index contributed by atoms with van der Waals surface area (Å²) < 4.78 is 5.45. The summed E-state index contributed by atoms with van der Waals surface area (Å²) in [6.07, 6.45) is 66.6. The topological polar surface area (TPSA) is 95.9 Å². The molecule has 366 valence electrons. The van der Waals surface area contributed by atoms with Crippen molar-refractivity contribution in [2.75, 3.05) is 13.2 Å². The van der Waals surface area contributed by atoms with Crippen molar-refractivity contribution in [3.8, 4) is 0 Å². The Morgan fingerprint density at radius 2 is 0.841 bits per heavy atom. The minimum absolute atomic E-state index is 0.0231. The van der Waals surface area contributed by atoms with Gasteiger partial charge in [0.05, 0.1) is 25.4 Å². The number of amides is 1. The van der Waals surface area contributed by atoms with Crippen LogP contribution in [0.15, 0.2) is 60.8 Å². The van der Waals surface area contributed by atoms with Crippen LogP contribution in [0.2, 0.25) is 0 Å². The Balaban J connectivity index is 3.49. The maximum absolute atomic E-state index is 12.4. The van der Waals surface area contributed by atoms with Gasteiger partial charge < -0.3 is 20.3 Å². The average molecular weight is 882 g/mol. The Morgan fingerprint density at radius 1 is 0.460 bits per heavy atom. The highest BCUT2D eigenvalue weighted by atomic mass is 16.5. The second-order valence-electron chi connectivity index (χ2n) is 18.2. The molecule has 0 aliphatic carbocycles.